The van der Waals surface area contributed by atoms with Crippen LogP contribution in [0.5, 0.6) is 0 Å². The zero-order valence-corrected chi connectivity index (χ0v) is 17.8. The molecule has 29 heavy (non-hydrogen) atoms. The van der Waals surface area contributed by atoms with Crippen molar-refractivity contribution in [3.63, 3.8) is 0 Å². The second kappa shape index (κ2) is 8.61. The highest BCUT2D eigenvalue weighted by Crippen LogP contribution is 2.36. The molecule has 0 radical (unpaired) electrons. The van der Waals surface area contributed by atoms with Crippen molar-refractivity contribution >= 4 is 17.9 Å². The predicted molar refractivity (Wildman–Crippen MR) is 107 cm³/mol. The average Bonchev–Trinajstić information content (AvgIpc) is 3.04. The zero-order valence-electron chi connectivity index (χ0n) is 17.8. The van der Waals surface area contributed by atoms with Crippen LogP contribution in [0.15, 0.2) is 0 Å². The van der Waals surface area contributed by atoms with E-state index in [1.54, 1.807) is 9.58 Å². The smallest absolute Gasteiger partial charge is 0.410 e. The number of ether oxygens (including phenoxy) is 3. The van der Waals surface area contributed by atoms with E-state index in [0.29, 0.717) is 37.7 Å². The van der Waals surface area contributed by atoms with Crippen LogP contribution < -0.4 is 5.73 Å². The maximum absolute atomic E-state index is 12.5. The molecule has 2 fully saturated rings. The second-order valence-corrected chi connectivity index (χ2v) is 8.69. The van der Waals surface area contributed by atoms with E-state index in [4.69, 9.17) is 19.9 Å². The molecule has 0 aliphatic carbocycles. The van der Waals surface area contributed by atoms with E-state index in [0.717, 1.165) is 25.7 Å². The number of nitrogens with two attached hydrogens (primary N) is 1. The Balaban J connectivity index is 1.88. The Bertz CT molecular complexity index is 749. The summed E-state index contributed by atoms with van der Waals surface area (Å²) in [5.74, 6) is -0.126. The van der Waals surface area contributed by atoms with Crippen molar-refractivity contribution in [2.45, 2.75) is 64.0 Å². The summed E-state index contributed by atoms with van der Waals surface area (Å²) in [5, 5.41) is 4.54. The van der Waals surface area contributed by atoms with Gasteiger partial charge in [0.15, 0.2) is 5.69 Å². The van der Waals surface area contributed by atoms with E-state index >= 15 is 0 Å². The van der Waals surface area contributed by atoms with Gasteiger partial charge in [0.1, 0.15) is 11.4 Å². The first-order valence-corrected chi connectivity index (χ1v) is 10.2. The van der Waals surface area contributed by atoms with Gasteiger partial charge in [-0.2, -0.15) is 5.10 Å². The van der Waals surface area contributed by atoms with Crippen LogP contribution >= 0.6 is 0 Å². The predicted octanol–water partition coefficient (Wildman–Crippen LogP) is 2.72. The summed E-state index contributed by atoms with van der Waals surface area (Å²) in [6.45, 7) is 7.87. The fourth-order valence-corrected chi connectivity index (χ4v) is 4.02. The van der Waals surface area contributed by atoms with Gasteiger partial charge < -0.3 is 24.8 Å². The molecule has 1 unspecified atom stereocenters. The third kappa shape index (κ3) is 4.83. The summed E-state index contributed by atoms with van der Waals surface area (Å²) in [7, 11) is 1.34. The van der Waals surface area contributed by atoms with Crippen LogP contribution in [0.4, 0.5) is 10.6 Å². The van der Waals surface area contributed by atoms with Gasteiger partial charge in [-0.15, -0.1) is 0 Å². The van der Waals surface area contributed by atoms with Gasteiger partial charge in [0.2, 0.25) is 0 Å². The van der Waals surface area contributed by atoms with Crippen molar-refractivity contribution in [3.05, 3.63) is 11.3 Å². The number of likely N-dealkylation sites (tertiary alicyclic amines) is 1. The number of nitrogens with zero attached hydrogens (tertiary/aromatic N) is 3. The molecule has 0 saturated carbocycles. The van der Waals surface area contributed by atoms with E-state index < -0.39 is 11.6 Å². The molecular formula is C20H32N4O5. The molecule has 9 nitrogen and oxygen atoms in total. The number of methoxy groups -OCH3 is 1. The first-order chi connectivity index (χ1) is 13.7. The van der Waals surface area contributed by atoms with Gasteiger partial charge in [-0.05, 0) is 46.5 Å². The summed E-state index contributed by atoms with van der Waals surface area (Å²) >= 11 is 0. The molecule has 162 valence electrons. The third-order valence-electron chi connectivity index (χ3n) is 5.38. The highest BCUT2D eigenvalue weighted by atomic mass is 16.6. The highest BCUT2D eigenvalue weighted by molar-refractivity contribution is 5.90. The van der Waals surface area contributed by atoms with E-state index in [1.165, 1.54) is 7.11 Å². The summed E-state index contributed by atoms with van der Waals surface area (Å²) in [6, 6.07) is 0.0893. The minimum Gasteiger partial charge on any atom is -0.464 e. The summed E-state index contributed by atoms with van der Waals surface area (Å²) in [5.41, 5.74) is 6.86. The number of carbonyl (C=O) groups excluding carboxylic acids is 2. The van der Waals surface area contributed by atoms with Gasteiger partial charge in [0, 0.05) is 37.8 Å². The Hall–Kier alpha value is -2.29. The molecule has 0 spiro atoms. The van der Waals surface area contributed by atoms with Crippen LogP contribution in [0.2, 0.25) is 0 Å². The molecule has 3 heterocycles. The van der Waals surface area contributed by atoms with Gasteiger partial charge in [0.05, 0.1) is 13.2 Å². The van der Waals surface area contributed by atoms with Gasteiger partial charge in [-0.25, -0.2) is 14.3 Å². The van der Waals surface area contributed by atoms with Crippen LogP contribution in [0, 0.1) is 0 Å². The molecule has 0 aromatic carbocycles. The van der Waals surface area contributed by atoms with Crippen molar-refractivity contribution in [1.29, 1.82) is 0 Å². The van der Waals surface area contributed by atoms with Gasteiger partial charge in [-0.3, -0.25) is 0 Å². The Morgan fingerprint density at radius 2 is 1.90 bits per heavy atom. The van der Waals surface area contributed by atoms with Crippen LogP contribution in [-0.2, 0) is 14.2 Å². The number of nitrogen functional groups attached to an aromatic ring is 1. The highest BCUT2D eigenvalue weighted by Gasteiger charge is 2.35. The number of carbonyl (C=O) groups is 2. The van der Waals surface area contributed by atoms with Crippen LogP contribution in [0.3, 0.4) is 0 Å². The number of esters is 1. The molecular weight excluding hydrogens is 376 g/mol. The molecule has 3 rings (SSSR count). The van der Waals surface area contributed by atoms with E-state index in [-0.39, 0.29) is 23.7 Å². The molecule has 1 aromatic rings. The Labute approximate surface area is 171 Å². The fraction of sp³-hybridized carbons (Fsp3) is 0.750. The third-order valence-corrected chi connectivity index (χ3v) is 5.38. The van der Waals surface area contributed by atoms with Gasteiger partial charge >= 0.3 is 12.1 Å². The normalized spacial score (nSPS) is 21.1. The number of amides is 1. The van der Waals surface area contributed by atoms with Crippen LogP contribution in [0.25, 0.3) is 0 Å². The first-order valence-electron chi connectivity index (χ1n) is 10.2. The Kier molecular flexibility index (Phi) is 6.36. The maximum atomic E-state index is 12.5. The lowest BCUT2D eigenvalue weighted by Crippen LogP contribution is -2.42. The lowest BCUT2D eigenvalue weighted by Gasteiger charge is -2.34. The fourth-order valence-electron chi connectivity index (χ4n) is 4.02. The number of rotatable bonds is 3. The first kappa shape index (κ1) is 21.4. The average molecular weight is 408 g/mol. The van der Waals surface area contributed by atoms with E-state index in [9.17, 15) is 9.59 Å². The van der Waals surface area contributed by atoms with Crippen LogP contribution in [-0.4, -0.2) is 65.8 Å². The van der Waals surface area contributed by atoms with Gasteiger partial charge in [0.25, 0.3) is 0 Å². The molecule has 2 saturated heterocycles. The van der Waals surface area contributed by atoms with E-state index in [1.807, 2.05) is 20.8 Å². The summed E-state index contributed by atoms with van der Waals surface area (Å²) in [4.78, 5) is 26.7. The molecule has 1 amide bonds. The molecule has 0 bridgehead atoms. The number of hydrogen-bond acceptors (Lipinski definition) is 7. The standard InChI is InChI=1S/C20H32N4O5/c1-20(2,3)29-19(26)23-9-5-6-13(12-23)15-16(18(25)27-4)22-24(17(15)21)14-7-10-28-11-8-14/h13-14H,5-12,21H2,1-4H3. The lowest BCUT2D eigenvalue weighted by molar-refractivity contribution is 0.0198. The molecule has 1 aromatic heterocycles. The molecule has 1 atom stereocenters. The van der Waals surface area contributed by atoms with Crippen molar-refractivity contribution in [2.24, 2.45) is 0 Å². The minimum atomic E-state index is -0.561. The Morgan fingerprint density at radius 1 is 1.21 bits per heavy atom. The minimum absolute atomic E-state index is 0.0893. The zero-order chi connectivity index (χ0) is 21.2. The number of hydrogen-bond donors (Lipinski definition) is 1. The number of piperidine rings is 1. The molecule has 2 aliphatic rings. The maximum Gasteiger partial charge on any atom is 0.410 e. The quantitative estimate of drug-likeness (QED) is 0.766. The summed E-state index contributed by atoms with van der Waals surface area (Å²) in [6.07, 6.45) is 2.85. The lowest BCUT2D eigenvalue weighted by atomic mass is 9.90. The molecule has 2 N–H and O–H groups in total. The molecule has 9 heteroatoms. The largest absolute Gasteiger partial charge is 0.464 e. The Morgan fingerprint density at radius 3 is 2.52 bits per heavy atom. The summed E-state index contributed by atoms with van der Waals surface area (Å²) < 4.78 is 17.7. The van der Waals surface area contributed by atoms with Crippen molar-refractivity contribution in [1.82, 2.24) is 14.7 Å². The van der Waals surface area contributed by atoms with Gasteiger partial charge in [-0.1, -0.05) is 0 Å². The van der Waals surface area contributed by atoms with Crippen molar-refractivity contribution in [3.8, 4) is 0 Å². The van der Waals surface area contributed by atoms with Crippen molar-refractivity contribution in [2.75, 3.05) is 39.1 Å². The second-order valence-electron chi connectivity index (χ2n) is 8.69. The monoisotopic (exact) mass is 408 g/mol. The van der Waals surface area contributed by atoms with E-state index in [2.05, 4.69) is 5.10 Å². The SMILES string of the molecule is COC(=O)c1nn(C2CCOCC2)c(N)c1C1CCCN(C(=O)OC(C)(C)C)C1. The topological polar surface area (TPSA) is 109 Å². The molecule has 2 aliphatic heterocycles. The van der Waals surface area contributed by atoms with Crippen molar-refractivity contribution < 1.29 is 23.8 Å². The number of anilines is 1. The number of aromatic nitrogens is 2. The van der Waals surface area contributed by atoms with Crippen LogP contribution in [0.1, 0.15) is 74.5 Å².